The highest BCUT2D eigenvalue weighted by Gasteiger charge is 2.17. The maximum absolute atomic E-state index is 12.7. The summed E-state index contributed by atoms with van der Waals surface area (Å²) in [7, 11) is 0. The van der Waals surface area contributed by atoms with Gasteiger partial charge in [-0.15, -0.1) is 0 Å². The fourth-order valence-electron chi connectivity index (χ4n) is 3.19. The molecular formula is C24H29N3O4S. The molecule has 170 valence electrons. The van der Waals surface area contributed by atoms with E-state index in [0.717, 1.165) is 19.4 Å². The Morgan fingerprint density at radius 2 is 1.88 bits per heavy atom. The lowest BCUT2D eigenvalue weighted by Crippen LogP contribution is -2.34. The molecule has 1 fully saturated rings. The fourth-order valence-corrected chi connectivity index (χ4v) is 3.40. The van der Waals surface area contributed by atoms with Gasteiger partial charge in [0.1, 0.15) is 5.75 Å². The van der Waals surface area contributed by atoms with Gasteiger partial charge >= 0.3 is 0 Å². The molecule has 8 heteroatoms. The maximum atomic E-state index is 12.7. The molecule has 0 saturated carbocycles. The van der Waals surface area contributed by atoms with E-state index < -0.39 is 0 Å². The van der Waals surface area contributed by atoms with E-state index in [4.69, 9.17) is 21.7 Å². The molecule has 2 aromatic rings. The third kappa shape index (κ3) is 7.03. The Hall–Kier alpha value is -2.97. The van der Waals surface area contributed by atoms with E-state index in [1.54, 1.807) is 42.5 Å². The zero-order valence-corrected chi connectivity index (χ0v) is 19.2. The Balaban J connectivity index is 1.51. The molecule has 1 saturated heterocycles. The van der Waals surface area contributed by atoms with Gasteiger partial charge in [0, 0.05) is 24.4 Å². The first-order valence-electron chi connectivity index (χ1n) is 10.8. The molecule has 0 radical (unpaired) electrons. The van der Waals surface area contributed by atoms with Crippen LogP contribution in [-0.4, -0.2) is 42.8 Å². The van der Waals surface area contributed by atoms with Crippen molar-refractivity contribution in [3.63, 3.8) is 0 Å². The number of carbonyl (C=O) groups excluding carboxylic acids is 2. The second-order valence-corrected chi connectivity index (χ2v) is 8.44. The lowest BCUT2D eigenvalue weighted by Gasteiger charge is -2.14. The average Bonchev–Trinajstić information content (AvgIpc) is 3.30. The Morgan fingerprint density at radius 1 is 1.12 bits per heavy atom. The van der Waals surface area contributed by atoms with Crippen LogP contribution in [0.3, 0.4) is 0 Å². The molecule has 1 aliphatic rings. The van der Waals surface area contributed by atoms with Crippen LogP contribution in [0.4, 0.5) is 5.69 Å². The van der Waals surface area contributed by atoms with E-state index in [-0.39, 0.29) is 23.0 Å². The topological polar surface area (TPSA) is 88.7 Å². The molecule has 1 heterocycles. The van der Waals surface area contributed by atoms with Crippen molar-refractivity contribution in [3.05, 3.63) is 59.7 Å². The quantitative estimate of drug-likeness (QED) is 0.526. The number of anilines is 1. The molecule has 32 heavy (non-hydrogen) atoms. The van der Waals surface area contributed by atoms with Crippen molar-refractivity contribution in [1.82, 2.24) is 10.6 Å². The molecule has 1 atom stereocenters. The van der Waals surface area contributed by atoms with Crippen molar-refractivity contribution in [2.75, 3.05) is 25.1 Å². The second-order valence-electron chi connectivity index (χ2n) is 8.03. The summed E-state index contributed by atoms with van der Waals surface area (Å²) >= 11 is 5.27. The second kappa shape index (κ2) is 11.6. The summed E-state index contributed by atoms with van der Waals surface area (Å²) in [6.45, 7) is 5.87. The Morgan fingerprint density at radius 3 is 2.56 bits per heavy atom. The highest BCUT2D eigenvalue weighted by Crippen LogP contribution is 2.19. The highest BCUT2D eigenvalue weighted by molar-refractivity contribution is 7.80. The van der Waals surface area contributed by atoms with Crippen molar-refractivity contribution < 1.29 is 19.1 Å². The molecule has 3 N–H and O–H groups in total. The first kappa shape index (κ1) is 23.7. The molecule has 0 aliphatic carbocycles. The van der Waals surface area contributed by atoms with Crippen molar-refractivity contribution in [2.24, 2.45) is 5.92 Å². The predicted molar refractivity (Wildman–Crippen MR) is 128 cm³/mol. The zero-order valence-electron chi connectivity index (χ0n) is 18.4. The number of benzene rings is 2. The van der Waals surface area contributed by atoms with E-state index in [1.807, 2.05) is 19.9 Å². The van der Waals surface area contributed by atoms with Gasteiger partial charge in [-0.05, 0) is 67.4 Å². The van der Waals surface area contributed by atoms with Gasteiger partial charge in [-0.1, -0.05) is 26.0 Å². The number of ether oxygens (including phenoxy) is 2. The number of rotatable bonds is 8. The number of hydrogen-bond acceptors (Lipinski definition) is 5. The van der Waals surface area contributed by atoms with Crippen LogP contribution in [0.15, 0.2) is 48.5 Å². The Labute approximate surface area is 193 Å². The van der Waals surface area contributed by atoms with Gasteiger partial charge in [0.15, 0.2) is 5.11 Å². The maximum Gasteiger partial charge on any atom is 0.261 e. The van der Waals surface area contributed by atoms with Gasteiger partial charge < -0.3 is 20.1 Å². The lowest BCUT2D eigenvalue weighted by molar-refractivity contribution is 0.0857. The summed E-state index contributed by atoms with van der Waals surface area (Å²) in [6.07, 6.45) is 2.11. The number of amides is 2. The van der Waals surface area contributed by atoms with Crippen molar-refractivity contribution in [1.29, 1.82) is 0 Å². The van der Waals surface area contributed by atoms with Gasteiger partial charge in [-0.2, -0.15) is 0 Å². The van der Waals surface area contributed by atoms with Crippen LogP contribution in [0.25, 0.3) is 0 Å². The summed E-state index contributed by atoms with van der Waals surface area (Å²) in [6, 6.07) is 13.9. The van der Waals surface area contributed by atoms with Crippen LogP contribution in [0.2, 0.25) is 0 Å². The molecular weight excluding hydrogens is 426 g/mol. The third-order valence-electron chi connectivity index (χ3n) is 4.85. The van der Waals surface area contributed by atoms with Crippen LogP contribution in [0.5, 0.6) is 5.75 Å². The molecule has 1 unspecified atom stereocenters. The first-order chi connectivity index (χ1) is 15.4. The smallest absolute Gasteiger partial charge is 0.261 e. The van der Waals surface area contributed by atoms with E-state index in [2.05, 4.69) is 16.0 Å². The minimum absolute atomic E-state index is 0.0989. The third-order valence-corrected chi connectivity index (χ3v) is 5.05. The van der Waals surface area contributed by atoms with E-state index in [1.165, 1.54) is 0 Å². The molecule has 1 aliphatic heterocycles. The fraction of sp³-hybridized carbons (Fsp3) is 0.375. The zero-order chi connectivity index (χ0) is 22.9. The van der Waals surface area contributed by atoms with Crippen LogP contribution in [0, 0.1) is 5.92 Å². The summed E-state index contributed by atoms with van der Waals surface area (Å²) in [5, 5.41) is 8.68. The molecule has 2 amide bonds. The van der Waals surface area contributed by atoms with Gasteiger partial charge in [0.25, 0.3) is 11.8 Å². The minimum Gasteiger partial charge on any atom is -0.492 e. The van der Waals surface area contributed by atoms with E-state index in [0.29, 0.717) is 41.6 Å². The standard InChI is InChI=1S/C24H29N3O4S/c1-16(2)15-31-21-8-4-3-7-20(21)23(29)27-24(32)26-18-11-9-17(10-12-18)22(28)25-14-19-6-5-13-30-19/h3-4,7-12,16,19H,5-6,13-15H2,1-2H3,(H,25,28)(H2,26,27,29,32). The largest absolute Gasteiger partial charge is 0.492 e. The summed E-state index contributed by atoms with van der Waals surface area (Å²) in [5.74, 6) is 0.350. The Kier molecular flexibility index (Phi) is 8.58. The molecule has 7 nitrogen and oxygen atoms in total. The molecule has 0 spiro atoms. The number of thiocarbonyl (C=S) groups is 1. The Bertz CT molecular complexity index is 941. The van der Waals surface area contributed by atoms with E-state index >= 15 is 0 Å². The van der Waals surface area contributed by atoms with Crippen LogP contribution in [0.1, 0.15) is 47.4 Å². The normalized spacial score (nSPS) is 15.3. The first-order valence-corrected chi connectivity index (χ1v) is 11.2. The molecule has 2 aromatic carbocycles. The van der Waals surface area contributed by atoms with Crippen LogP contribution < -0.4 is 20.7 Å². The number of hydrogen-bond donors (Lipinski definition) is 3. The van der Waals surface area contributed by atoms with Crippen LogP contribution >= 0.6 is 12.2 Å². The molecule has 0 aromatic heterocycles. The minimum atomic E-state index is -0.355. The SMILES string of the molecule is CC(C)COc1ccccc1C(=O)NC(=S)Nc1ccc(C(=O)NCC2CCCO2)cc1. The van der Waals surface area contributed by atoms with Crippen LogP contribution in [-0.2, 0) is 4.74 Å². The number of nitrogens with one attached hydrogen (secondary N) is 3. The van der Waals surface area contributed by atoms with Gasteiger partial charge in [0.2, 0.25) is 0 Å². The van der Waals surface area contributed by atoms with E-state index in [9.17, 15) is 9.59 Å². The predicted octanol–water partition coefficient (Wildman–Crippen LogP) is 3.76. The highest BCUT2D eigenvalue weighted by atomic mass is 32.1. The van der Waals surface area contributed by atoms with Crippen molar-refractivity contribution in [3.8, 4) is 5.75 Å². The average molecular weight is 456 g/mol. The lowest BCUT2D eigenvalue weighted by atomic mass is 10.1. The summed E-state index contributed by atoms with van der Waals surface area (Å²) in [5.41, 5.74) is 1.62. The van der Waals surface area contributed by atoms with Crippen molar-refractivity contribution in [2.45, 2.75) is 32.8 Å². The van der Waals surface area contributed by atoms with Crippen molar-refractivity contribution >= 4 is 34.8 Å². The summed E-state index contributed by atoms with van der Waals surface area (Å²) < 4.78 is 11.3. The number of carbonyl (C=O) groups is 2. The monoisotopic (exact) mass is 455 g/mol. The summed E-state index contributed by atoms with van der Waals surface area (Å²) in [4.78, 5) is 24.9. The van der Waals surface area contributed by atoms with Gasteiger partial charge in [-0.3, -0.25) is 14.9 Å². The van der Waals surface area contributed by atoms with Gasteiger partial charge in [0.05, 0.1) is 18.3 Å². The van der Waals surface area contributed by atoms with Gasteiger partial charge in [-0.25, -0.2) is 0 Å². The number of para-hydroxylation sites is 1. The molecule has 0 bridgehead atoms. The molecule has 3 rings (SSSR count).